The monoisotopic (exact) mass is 543 g/mol. The molecule has 8 heteroatoms. The maximum atomic E-state index is 13.2. The molecule has 184 valence electrons. The third-order valence-electron chi connectivity index (χ3n) is 6.39. The molecule has 0 amide bonds. The lowest BCUT2D eigenvalue weighted by Gasteiger charge is -2.30. The summed E-state index contributed by atoms with van der Waals surface area (Å²) in [4.78, 5) is 24.1. The van der Waals surface area contributed by atoms with Gasteiger partial charge < -0.3 is 5.73 Å². The third-order valence-corrected chi connectivity index (χ3v) is 10.1. The molecule has 6 rings (SSSR count). The summed E-state index contributed by atoms with van der Waals surface area (Å²) in [5.74, 6) is 0.128. The van der Waals surface area contributed by atoms with Crippen molar-refractivity contribution in [1.82, 2.24) is 9.97 Å². The van der Waals surface area contributed by atoms with Gasteiger partial charge in [-0.15, -0.1) is 23.1 Å². The van der Waals surface area contributed by atoms with Crippen LogP contribution in [0.5, 0.6) is 0 Å². The molecule has 3 heterocycles. The Labute approximate surface area is 226 Å². The molecule has 0 spiro atoms. The number of nitrogens with zero attached hydrogens (tertiary/aromatic N) is 2. The van der Waals surface area contributed by atoms with E-state index >= 15 is 0 Å². The normalized spacial score (nSPS) is 17.0. The third kappa shape index (κ3) is 4.89. The molecule has 2 aromatic heterocycles. The molecule has 0 fully saturated rings. The molecule has 2 N–H and O–H groups in total. The Morgan fingerprint density at radius 3 is 2.32 bits per heavy atom. The number of benzene rings is 3. The Morgan fingerprint density at radius 2 is 1.62 bits per heavy atom. The van der Waals surface area contributed by atoms with Gasteiger partial charge in [0.05, 0.1) is 16.4 Å². The highest BCUT2D eigenvalue weighted by atomic mass is 32.2. The quantitative estimate of drug-likeness (QED) is 0.136. The Bertz CT molecular complexity index is 1570. The van der Waals surface area contributed by atoms with E-state index in [1.165, 1.54) is 57.6 Å². The van der Waals surface area contributed by atoms with Gasteiger partial charge >= 0.3 is 0 Å². The molecular formula is C29H22FN3OS3. The van der Waals surface area contributed by atoms with Crippen molar-refractivity contribution >= 4 is 56.7 Å². The van der Waals surface area contributed by atoms with Crippen LogP contribution < -0.4 is 5.73 Å². The molecule has 2 atom stereocenters. The molecule has 5 aromatic rings. The average Bonchev–Trinajstić information content (AvgIpc) is 3.31. The zero-order valence-electron chi connectivity index (χ0n) is 19.6. The van der Waals surface area contributed by atoms with Crippen LogP contribution in [0.3, 0.4) is 0 Å². The van der Waals surface area contributed by atoms with E-state index in [0.29, 0.717) is 21.8 Å². The van der Waals surface area contributed by atoms with Gasteiger partial charge in [-0.3, -0.25) is 4.79 Å². The van der Waals surface area contributed by atoms with Crippen LogP contribution in [0, 0.1) is 5.82 Å². The smallest absolute Gasteiger partial charge is 0.191 e. The first-order chi connectivity index (χ1) is 18.1. The van der Waals surface area contributed by atoms with Crippen LogP contribution in [-0.4, -0.2) is 21.5 Å². The SMILES string of the molecule is Nc1nc(SCC(=O)c2ccc(F)cc2)nc2sc3c(c12)C[C@H](c1ccccc1)S[C@@H]3c1ccccc1. The number of hydrogen-bond acceptors (Lipinski definition) is 7. The summed E-state index contributed by atoms with van der Waals surface area (Å²) < 4.78 is 13.2. The second kappa shape index (κ2) is 10.3. The number of fused-ring (bicyclic) bond motifs is 3. The maximum absolute atomic E-state index is 13.2. The number of thioether (sulfide) groups is 2. The minimum Gasteiger partial charge on any atom is -0.383 e. The number of thiophene rings is 1. The van der Waals surface area contributed by atoms with Crippen molar-refractivity contribution in [2.45, 2.75) is 22.1 Å². The number of carbonyl (C=O) groups excluding carboxylic acids is 1. The number of carbonyl (C=O) groups is 1. The van der Waals surface area contributed by atoms with Gasteiger partial charge in [0.2, 0.25) is 0 Å². The fraction of sp³-hybridized carbons (Fsp3) is 0.138. The van der Waals surface area contributed by atoms with E-state index in [1.54, 1.807) is 11.3 Å². The molecular weight excluding hydrogens is 522 g/mol. The fourth-order valence-corrected chi connectivity index (χ4v) is 8.41. The van der Waals surface area contributed by atoms with Crippen molar-refractivity contribution in [3.63, 3.8) is 0 Å². The van der Waals surface area contributed by atoms with Crippen molar-refractivity contribution in [3.05, 3.63) is 118 Å². The number of nitrogens with two attached hydrogens (primary N) is 1. The van der Waals surface area contributed by atoms with Crippen LogP contribution in [0.4, 0.5) is 10.2 Å². The van der Waals surface area contributed by atoms with Crippen molar-refractivity contribution in [1.29, 1.82) is 0 Å². The summed E-state index contributed by atoms with van der Waals surface area (Å²) in [6.07, 6.45) is 0.858. The molecule has 0 unspecified atom stereocenters. The zero-order chi connectivity index (χ0) is 25.4. The highest BCUT2D eigenvalue weighted by molar-refractivity contribution is 8.00. The molecule has 37 heavy (non-hydrogen) atoms. The molecule has 1 aliphatic rings. The summed E-state index contributed by atoms with van der Waals surface area (Å²) >= 11 is 4.88. The second-order valence-corrected chi connectivity index (χ2v) is 12.1. The second-order valence-electron chi connectivity index (χ2n) is 8.77. The molecule has 0 aliphatic carbocycles. The van der Waals surface area contributed by atoms with Crippen molar-refractivity contribution in [2.24, 2.45) is 0 Å². The Morgan fingerprint density at radius 1 is 0.946 bits per heavy atom. The first-order valence-corrected chi connectivity index (χ1v) is 14.6. The fourth-order valence-electron chi connectivity index (χ4n) is 4.59. The number of Topliss-reactive ketones (excluding diaryl/α,β-unsaturated/α-hetero) is 1. The van der Waals surface area contributed by atoms with Gasteiger partial charge in [0.1, 0.15) is 16.5 Å². The number of aromatic nitrogens is 2. The minimum atomic E-state index is -0.367. The Kier molecular flexibility index (Phi) is 6.71. The van der Waals surface area contributed by atoms with Crippen molar-refractivity contribution in [3.8, 4) is 0 Å². The van der Waals surface area contributed by atoms with Gasteiger partial charge in [-0.1, -0.05) is 72.4 Å². The average molecular weight is 544 g/mol. The molecule has 3 aromatic carbocycles. The van der Waals surface area contributed by atoms with Gasteiger partial charge in [0.25, 0.3) is 0 Å². The molecule has 0 bridgehead atoms. The number of halogens is 1. The zero-order valence-corrected chi connectivity index (χ0v) is 22.1. The highest BCUT2D eigenvalue weighted by Gasteiger charge is 2.34. The van der Waals surface area contributed by atoms with Gasteiger partial charge in [-0.2, -0.15) is 0 Å². The molecule has 0 saturated heterocycles. The highest BCUT2D eigenvalue weighted by Crippen LogP contribution is 2.55. The summed E-state index contributed by atoms with van der Waals surface area (Å²) in [5, 5.41) is 1.86. The lowest BCUT2D eigenvalue weighted by Crippen LogP contribution is -2.12. The van der Waals surface area contributed by atoms with Gasteiger partial charge in [-0.25, -0.2) is 14.4 Å². The van der Waals surface area contributed by atoms with Crippen LogP contribution in [-0.2, 0) is 6.42 Å². The largest absolute Gasteiger partial charge is 0.383 e. The minimum absolute atomic E-state index is 0.107. The number of anilines is 1. The first kappa shape index (κ1) is 24.2. The molecule has 1 aliphatic heterocycles. The van der Waals surface area contributed by atoms with Crippen molar-refractivity contribution in [2.75, 3.05) is 11.5 Å². The lowest BCUT2D eigenvalue weighted by molar-refractivity contribution is 0.102. The van der Waals surface area contributed by atoms with Crippen LogP contribution >= 0.6 is 34.9 Å². The van der Waals surface area contributed by atoms with E-state index < -0.39 is 0 Å². The van der Waals surface area contributed by atoms with E-state index in [2.05, 4.69) is 53.5 Å². The summed E-state index contributed by atoms with van der Waals surface area (Å²) in [7, 11) is 0. The van der Waals surface area contributed by atoms with Crippen LogP contribution in [0.2, 0.25) is 0 Å². The molecule has 0 saturated carbocycles. The summed E-state index contributed by atoms with van der Waals surface area (Å²) in [6.45, 7) is 0. The van der Waals surface area contributed by atoms with Gasteiger partial charge in [0.15, 0.2) is 10.9 Å². The Hall–Kier alpha value is -3.20. The lowest BCUT2D eigenvalue weighted by atomic mass is 9.98. The van der Waals surface area contributed by atoms with E-state index in [4.69, 9.17) is 10.7 Å². The van der Waals surface area contributed by atoms with E-state index in [9.17, 15) is 9.18 Å². The maximum Gasteiger partial charge on any atom is 0.191 e. The predicted octanol–water partition coefficient (Wildman–Crippen LogP) is 7.51. The Balaban J connectivity index is 1.35. The predicted molar refractivity (Wildman–Crippen MR) is 152 cm³/mol. The number of ketones is 1. The van der Waals surface area contributed by atoms with E-state index in [0.717, 1.165) is 16.6 Å². The van der Waals surface area contributed by atoms with Crippen LogP contribution in [0.25, 0.3) is 10.2 Å². The standard InChI is InChI=1S/C29H22FN3OS3/c30-20-13-11-17(12-14-20)22(34)16-35-29-32-27(31)24-21-15-23(18-7-3-1-4-8-18)36-25(19-9-5-2-6-10-19)26(21)37-28(24)33-29/h1-14,23,25H,15-16H2,(H2,31,32,33)/t23-,25-/m1/s1. The molecule has 4 nitrogen and oxygen atoms in total. The molecule has 0 radical (unpaired) electrons. The summed E-state index contributed by atoms with van der Waals surface area (Å²) in [5.41, 5.74) is 10.8. The summed E-state index contributed by atoms with van der Waals surface area (Å²) in [6, 6.07) is 26.7. The van der Waals surface area contributed by atoms with Crippen LogP contribution in [0.15, 0.2) is 90.1 Å². The van der Waals surface area contributed by atoms with Crippen molar-refractivity contribution < 1.29 is 9.18 Å². The van der Waals surface area contributed by atoms with Gasteiger partial charge in [-0.05, 0) is 47.4 Å². The van der Waals surface area contributed by atoms with Crippen LogP contribution in [0.1, 0.15) is 42.4 Å². The first-order valence-electron chi connectivity index (χ1n) is 11.8. The van der Waals surface area contributed by atoms with E-state index in [-0.39, 0.29) is 22.6 Å². The number of hydrogen-bond donors (Lipinski definition) is 1. The van der Waals surface area contributed by atoms with Gasteiger partial charge in [0, 0.05) is 15.7 Å². The number of rotatable bonds is 6. The van der Waals surface area contributed by atoms with E-state index in [1.807, 2.05) is 23.9 Å². The topological polar surface area (TPSA) is 68.9 Å². The number of nitrogen functional groups attached to an aromatic ring is 1.